The molecule has 100 valence electrons. The van der Waals surface area contributed by atoms with Crippen LogP contribution < -0.4 is 0 Å². The smallest absolute Gasteiger partial charge is 0.351 e. The SMILES string of the molecule is O=C1CCCCc2cn(COCC(F)(F)F)cc21. The molecule has 6 heteroatoms. The molecule has 0 aliphatic heterocycles. The van der Waals surface area contributed by atoms with Gasteiger partial charge in [-0.1, -0.05) is 0 Å². The molecule has 1 aliphatic carbocycles. The van der Waals surface area contributed by atoms with Gasteiger partial charge in [-0.05, 0) is 24.8 Å². The molecule has 0 bridgehead atoms. The summed E-state index contributed by atoms with van der Waals surface area (Å²) in [5, 5.41) is 0. The van der Waals surface area contributed by atoms with E-state index in [1.54, 1.807) is 12.4 Å². The van der Waals surface area contributed by atoms with E-state index in [-0.39, 0.29) is 12.5 Å². The number of aryl methyl sites for hydroxylation is 1. The van der Waals surface area contributed by atoms with Gasteiger partial charge in [0.05, 0.1) is 0 Å². The summed E-state index contributed by atoms with van der Waals surface area (Å²) in [7, 11) is 0. The molecule has 0 unspecified atom stereocenters. The van der Waals surface area contributed by atoms with Crippen LogP contribution in [0.25, 0.3) is 0 Å². The molecule has 0 N–H and O–H groups in total. The Labute approximate surface area is 103 Å². The normalized spacial score (nSPS) is 16.5. The van der Waals surface area contributed by atoms with Crippen molar-refractivity contribution in [1.29, 1.82) is 0 Å². The van der Waals surface area contributed by atoms with Gasteiger partial charge in [-0.25, -0.2) is 0 Å². The number of nitrogens with zero attached hydrogens (tertiary/aromatic N) is 1. The van der Waals surface area contributed by atoms with Crippen LogP contribution in [-0.4, -0.2) is 23.1 Å². The van der Waals surface area contributed by atoms with Gasteiger partial charge < -0.3 is 9.30 Å². The second kappa shape index (κ2) is 5.14. The summed E-state index contributed by atoms with van der Waals surface area (Å²) in [4.78, 5) is 11.7. The van der Waals surface area contributed by atoms with E-state index < -0.39 is 12.8 Å². The zero-order valence-electron chi connectivity index (χ0n) is 9.79. The van der Waals surface area contributed by atoms with Crippen molar-refractivity contribution < 1.29 is 22.7 Å². The number of fused-ring (bicyclic) bond motifs is 1. The molecule has 0 atom stereocenters. The topological polar surface area (TPSA) is 31.2 Å². The van der Waals surface area contributed by atoms with Gasteiger partial charge in [0.15, 0.2) is 5.78 Å². The predicted molar refractivity (Wildman–Crippen MR) is 58.3 cm³/mol. The quantitative estimate of drug-likeness (QED) is 0.783. The zero-order valence-corrected chi connectivity index (χ0v) is 9.79. The van der Waals surface area contributed by atoms with Crippen LogP contribution in [0, 0.1) is 0 Å². The number of ketones is 1. The minimum Gasteiger partial charge on any atom is -0.351 e. The van der Waals surface area contributed by atoms with Crippen molar-refractivity contribution in [2.45, 2.75) is 38.6 Å². The Bertz CT molecular complexity index is 437. The summed E-state index contributed by atoms with van der Waals surface area (Å²) in [5.74, 6) is 0.0667. The summed E-state index contributed by atoms with van der Waals surface area (Å²) in [5.41, 5.74) is 1.54. The third-order valence-corrected chi connectivity index (χ3v) is 2.87. The van der Waals surface area contributed by atoms with E-state index in [0.717, 1.165) is 24.8 Å². The van der Waals surface area contributed by atoms with Crippen molar-refractivity contribution in [3.05, 3.63) is 23.5 Å². The van der Waals surface area contributed by atoms with Gasteiger partial charge in [0.2, 0.25) is 0 Å². The lowest BCUT2D eigenvalue weighted by molar-refractivity contribution is -0.181. The first-order valence-electron chi connectivity index (χ1n) is 5.82. The van der Waals surface area contributed by atoms with E-state index in [1.165, 1.54) is 4.57 Å². The van der Waals surface area contributed by atoms with Crippen molar-refractivity contribution in [2.75, 3.05) is 6.61 Å². The zero-order chi connectivity index (χ0) is 13.2. The van der Waals surface area contributed by atoms with E-state index in [1.807, 2.05) is 0 Å². The molecule has 18 heavy (non-hydrogen) atoms. The molecule has 0 spiro atoms. The number of ether oxygens (including phenoxy) is 1. The van der Waals surface area contributed by atoms with Crippen molar-refractivity contribution in [2.24, 2.45) is 0 Å². The fourth-order valence-corrected chi connectivity index (χ4v) is 2.08. The average Bonchev–Trinajstić information content (AvgIpc) is 2.58. The first-order valence-corrected chi connectivity index (χ1v) is 5.82. The number of alkyl halides is 3. The van der Waals surface area contributed by atoms with E-state index in [4.69, 9.17) is 0 Å². The van der Waals surface area contributed by atoms with Crippen LogP contribution in [0.3, 0.4) is 0 Å². The number of carbonyl (C=O) groups is 1. The largest absolute Gasteiger partial charge is 0.411 e. The molecule has 0 radical (unpaired) electrons. The number of rotatable bonds is 3. The maximum absolute atomic E-state index is 11.9. The summed E-state index contributed by atoms with van der Waals surface area (Å²) >= 11 is 0. The Morgan fingerprint density at radius 3 is 2.67 bits per heavy atom. The monoisotopic (exact) mass is 261 g/mol. The summed E-state index contributed by atoms with van der Waals surface area (Å²) < 4.78 is 41.8. The van der Waals surface area contributed by atoms with Crippen LogP contribution in [0.15, 0.2) is 12.4 Å². The fourth-order valence-electron chi connectivity index (χ4n) is 2.08. The molecule has 0 saturated carbocycles. The average molecular weight is 261 g/mol. The Balaban J connectivity index is 1.99. The van der Waals surface area contributed by atoms with Crippen molar-refractivity contribution in [3.8, 4) is 0 Å². The van der Waals surface area contributed by atoms with Gasteiger partial charge in [0, 0.05) is 24.4 Å². The van der Waals surface area contributed by atoms with E-state index >= 15 is 0 Å². The van der Waals surface area contributed by atoms with Gasteiger partial charge in [-0.15, -0.1) is 0 Å². The third-order valence-electron chi connectivity index (χ3n) is 2.87. The van der Waals surface area contributed by atoms with E-state index in [0.29, 0.717) is 12.0 Å². The van der Waals surface area contributed by atoms with Crippen LogP contribution in [0.2, 0.25) is 0 Å². The van der Waals surface area contributed by atoms with Crippen molar-refractivity contribution in [3.63, 3.8) is 0 Å². The van der Waals surface area contributed by atoms with Crippen molar-refractivity contribution >= 4 is 5.78 Å². The van der Waals surface area contributed by atoms with Crippen LogP contribution in [0.4, 0.5) is 13.2 Å². The Hall–Kier alpha value is -1.30. The second-order valence-corrected chi connectivity index (χ2v) is 4.43. The molecular formula is C12H14F3NO2. The molecule has 1 aliphatic rings. The number of hydrogen-bond donors (Lipinski definition) is 0. The third kappa shape index (κ3) is 3.35. The minimum absolute atomic E-state index is 0.0667. The number of halogens is 3. The Kier molecular flexibility index (Phi) is 3.75. The number of aromatic nitrogens is 1. The van der Waals surface area contributed by atoms with Crippen LogP contribution in [0.1, 0.15) is 35.2 Å². The molecule has 1 aromatic heterocycles. The lowest BCUT2D eigenvalue weighted by Crippen LogP contribution is -2.18. The maximum atomic E-state index is 11.9. The summed E-state index contributed by atoms with van der Waals surface area (Å²) in [6, 6.07) is 0. The first-order chi connectivity index (χ1) is 8.46. The van der Waals surface area contributed by atoms with Crippen LogP contribution in [0.5, 0.6) is 0 Å². The number of hydrogen-bond acceptors (Lipinski definition) is 2. The van der Waals surface area contributed by atoms with Gasteiger partial charge in [-0.2, -0.15) is 13.2 Å². The molecule has 1 aromatic rings. The molecule has 0 fully saturated rings. The second-order valence-electron chi connectivity index (χ2n) is 4.43. The first kappa shape index (κ1) is 13.1. The molecule has 0 saturated heterocycles. The standard InChI is InChI=1S/C12H14F3NO2/c13-12(14,15)7-18-8-16-5-9-3-1-2-4-11(17)10(9)6-16/h5-6H,1-4,7-8H2. The molecule has 1 heterocycles. The lowest BCUT2D eigenvalue weighted by atomic mass is 10.1. The summed E-state index contributed by atoms with van der Waals surface area (Å²) in [6.07, 6.45) is 2.09. The fraction of sp³-hybridized carbons (Fsp3) is 0.583. The lowest BCUT2D eigenvalue weighted by Gasteiger charge is -2.08. The minimum atomic E-state index is -4.32. The predicted octanol–water partition coefficient (Wildman–Crippen LogP) is 2.93. The van der Waals surface area contributed by atoms with Gasteiger partial charge in [0.25, 0.3) is 0 Å². The number of Topliss-reactive ketones (excluding diaryl/α,β-unsaturated/α-hetero) is 1. The van der Waals surface area contributed by atoms with Crippen LogP contribution in [-0.2, 0) is 17.9 Å². The number of carbonyl (C=O) groups excluding carboxylic acids is 1. The molecule has 2 rings (SSSR count). The van der Waals surface area contributed by atoms with Gasteiger partial charge in [-0.3, -0.25) is 4.79 Å². The highest BCUT2D eigenvalue weighted by molar-refractivity contribution is 5.97. The van der Waals surface area contributed by atoms with Crippen LogP contribution >= 0.6 is 0 Å². The summed E-state index contributed by atoms with van der Waals surface area (Å²) in [6.45, 7) is -1.45. The highest BCUT2D eigenvalue weighted by Gasteiger charge is 2.27. The highest BCUT2D eigenvalue weighted by Crippen LogP contribution is 2.22. The van der Waals surface area contributed by atoms with Crippen molar-refractivity contribution in [1.82, 2.24) is 4.57 Å². The highest BCUT2D eigenvalue weighted by atomic mass is 19.4. The van der Waals surface area contributed by atoms with E-state index in [2.05, 4.69) is 4.74 Å². The molecule has 3 nitrogen and oxygen atoms in total. The molecule has 0 aromatic carbocycles. The molecule has 0 amide bonds. The maximum Gasteiger partial charge on any atom is 0.411 e. The Morgan fingerprint density at radius 2 is 1.94 bits per heavy atom. The molecular weight excluding hydrogens is 247 g/mol. The van der Waals surface area contributed by atoms with E-state index in [9.17, 15) is 18.0 Å². The van der Waals surface area contributed by atoms with Gasteiger partial charge in [0.1, 0.15) is 13.3 Å². The van der Waals surface area contributed by atoms with Gasteiger partial charge >= 0.3 is 6.18 Å². The Morgan fingerprint density at radius 1 is 1.22 bits per heavy atom.